The summed E-state index contributed by atoms with van der Waals surface area (Å²) in [5.74, 6) is 32.9. The van der Waals surface area contributed by atoms with Crippen LogP contribution in [0.1, 0.15) is 494 Å². The Labute approximate surface area is 872 Å². The lowest BCUT2D eigenvalue weighted by Crippen LogP contribution is -2.54. The Morgan fingerprint density at radius 3 is 0.845 bits per heavy atom. The zero-order chi connectivity index (χ0) is 102. The average molecular weight is 1950 g/mol. The number of fused-ring (bicyclic) bond motifs is 30. The molecule has 4 N–H and O–H groups in total. The predicted molar refractivity (Wildman–Crippen MR) is 590 cm³/mol. The molecule has 0 bridgehead atoms. The summed E-state index contributed by atoms with van der Waals surface area (Å²) in [6.45, 7) is 56.9. The van der Waals surface area contributed by atoms with Crippen LogP contribution in [0, 0.1) is 285 Å². The zero-order valence-electron chi connectivity index (χ0n) is 96.3. The Hall–Kier alpha value is -2.48. The predicted octanol–water partition coefficient (Wildman–Crippen LogP) is 34.2. The van der Waals surface area contributed by atoms with Gasteiger partial charge in [0.25, 0.3) is 0 Å². The minimum absolute atomic E-state index is 0.107. The number of Topliss-reactive ketones (excluding diaryl/α,β-unsaturated/α-hetero) is 2. The van der Waals surface area contributed by atoms with E-state index in [0.29, 0.717) is 89.4 Å². The van der Waals surface area contributed by atoms with Gasteiger partial charge in [-0.15, -0.1) is 12.8 Å². The summed E-state index contributed by atoms with van der Waals surface area (Å²) in [5.41, 5.74) is 8.71. The molecule has 24 aliphatic rings. The maximum Gasteiger partial charge on any atom is 0.133 e. The van der Waals surface area contributed by atoms with Crippen molar-refractivity contribution in [2.24, 2.45) is 260 Å². The summed E-state index contributed by atoms with van der Waals surface area (Å²) in [5, 5.41) is 42.3. The van der Waals surface area contributed by atoms with E-state index in [9.17, 15) is 30.0 Å². The van der Waals surface area contributed by atoms with Gasteiger partial charge in [-0.25, -0.2) is 0 Å². The van der Waals surface area contributed by atoms with Gasteiger partial charge < -0.3 is 20.4 Å². The Balaban J connectivity index is 0.000000108. The van der Waals surface area contributed by atoms with Gasteiger partial charge in [-0.05, 0) is 586 Å². The number of rotatable bonds is 6. The van der Waals surface area contributed by atoms with Crippen LogP contribution in [0.3, 0.4) is 0 Å². The van der Waals surface area contributed by atoms with Crippen molar-refractivity contribution in [3.05, 3.63) is 34.9 Å². The van der Waals surface area contributed by atoms with Crippen LogP contribution in [-0.2, 0) is 9.59 Å². The molecular formula is C136H218O6. The Morgan fingerprint density at radius 2 is 0.535 bits per heavy atom. The molecule has 21 saturated carbocycles. The molecule has 0 radical (unpaired) electrons. The molecule has 6 nitrogen and oxygen atoms in total. The first-order valence-electron chi connectivity index (χ1n) is 62.7. The fourth-order valence-electron chi connectivity index (χ4n) is 48.0. The summed E-state index contributed by atoms with van der Waals surface area (Å²) >= 11 is 0. The SMILES string of the molecule is C#CC(C)(O)[C@H]1CCC2C3CC=C4C[C@@H](C)CC[C@]4(C)C3CC[C@@]21C.C#CC(C)(O)[C@H]1CCC2C3CC[C@H]4C[C@@H](C)CC[C@]4(C)C3CC[C@@]21C.CC(=O)[C@H]1CCC2C3CC=C4C[C@@H](C)CC[C@]4(C)C3CC[C@@]21C.CC(=O)[C@H]1CCC2C3CC[C@H]4C[C@@H](C)CC[C@]4(C)C3CC[C@@]21C.C[C@H]1CC[C@@]2(C)C(=CCC3C2CC[C@@]2(C)C3CC[C@@H]2[C@H](C)O)C1.C[C@H]1CC[C@]2(C)C3CC[C@@]4(C)C(CC[C@@H]4[C@H](C)O)C3CC[C@H]2C1. The molecule has 0 aromatic heterocycles. The molecule has 6 heteroatoms. The van der Waals surface area contributed by atoms with E-state index in [1.54, 1.807) is 11.1 Å². The molecule has 0 aromatic rings. The van der Waals surface area contributed by atoms with E-state index in [4.69, 9.17) is 12.8 Å². The molecule has 24 rings (SSSR count). The molecular weight excluding hydrogens is 1730 g/mol. The Bertz CT molecular complexity index is 4680. The van der Waals surface area contributed by atoms with E-state index >= 15 is 0 Å². The zero-order valence-corrected chi connectivity index (χ0v) is 96.3. The van der Waals surface area contributed by atoms with Crippen LogP contribution in [0.4, 0.5) is 0 Å². The standard InChI is InChI=1S/C24H38O.C24H36O.C22H38O.2C22H36O.C22H34O/c2*1-6-24(5,25)21-10-9-19-18-8-7-17-15-16(2)11-13-22(17,3)20(18)12-14-23(19,21)4;4*1-14-9-11-21(3)16(13-14)5-6-17-19-8-7-18(15(2)23)22(19,4)12-10-20(17)21/h1,16-21,25H,7-15H2,2-5H3;1,7,16,18-21,25H,8-15H2,2-5H3;14-20,23H,5-13H2,1-4H3;14,16-20H,5-13H2,1-4H3;5,14-15,17-20,23H,6-13H2,1-4H3;5,14,17-20H,6-13H2,1-4H3/t16-,17-,18?,19?,20?,21-,22-,23-,24?;16-,18?,19?,20?,21-,22-,23-,24?;14-,15-,16-,17?,18+,19?,20?,21-,22+;14-,16-,17?,18+,19?,20?,21-,22+;14-,15-,17?,18+,19?,20?,21-,22+;14-,17?,18+,19?,20?,21-,22+/m000000/s1. The molecule has 49 atom stereocenters. The highest BCUT2D eigenvalue weighted by atomic mass is 16.3. The van der Waals surface area contributed by atoms with Gasteiger partial charge >= 0.3 is 0 Å². The lowest BCUT2D eigenvalue weighted by Gasteiger charge is -2.61. The second-order valence-corrected chi connectivity index (χ2v) is 62.4. The number of ketones is 2. The first kappa shape index (κ1) is 108. The number of aliphatic hydroxyl groups excluding tert-OH is 2. The molecule has 0 saturated heterocycles. The van der Waals surface area contributed by atoms with Gasteiger partial charge in [0.1, 0.15) is 22.8 Å². The van der Waals surface area contributed by atoms with Crippen molar-refractivity contribution in [1.82, 2.24) is 0 Å². The Morgan fingerprint density at radius 1 is 0.296 bits per heavy atom. The first-order valence-corrected chi connectivity index (χ1v) is 62.7. The van der Waals surface area contributed by atoms with E-state index in [0.717, 1.165) is 179 Å². The van der Waals surface area contributed by atoms with Crippen LogP contribution in [-0.4, -0.2) is 55.4 Å². The number of carbonyl (C=O) groups excluding carboxylic acids is 2. The van der Waals surface area contributed by atoms with Crippen LogP contribution in [0.2, 0.25) is 0 Å². The topological polar surface area (TPSA) is 115 Å². The average Bonchev–Trinajstić information content (AvgIpc) is 1.53. The molecule has 24 aliphatic carbocycles. The Kier molecular flexibility index (Phi) is 30.0. The van der Waals surface area contributed by atoms with Gasteiger partial charge in [-0.1, -0.05) is 191 Å². The summed E-state index contributed by atoms with van der Waals surface area (Å²) < 4.78 is 0. The fraction of sp³-hybridized carbons (Fsp3) is 0.912. The number of carbonyl (C=O) groups is 2. The largest absolute Gasteiger partial charge is 0.393 e. The molecule has 21 fully saturated rings. The fourth-order valence-corrected chi connectivity index (χ4v) is 48.0. The van der Waals surface area contributed by atoms with Crippen molar-refractivity contribution in [3.8, 4) is 24.7 Å². The molecule has 0 spiro atoms. The highest BCUT2D eigenvalue weighted by molar-refractivity contribution is 5.80. The van der Waals surface area contributed by atoms with Crippen LogP contribution >= 0.6 is 0 Å². The van der Waals surface area contributed by atoms with Crippen LogP contribution in [0.15, 0.2) is 34.9 Å². The van der Waals surface area contributed by atoms with Crippen molar-refractivity contribution >= 4 is 11.6 Å². The molecule has 20 unspecified atom stereocenters. The quantitative estimate of drug-likeness (QED) is 0.156. The third-order valence-corrected chi connectivity index (χ3v) is 56.1. The lowest BCUT2D eigenvalue weighted by atomic mass is 9.44. The number of terminal acetylenes is 2. The van der Waals surface area contributed by atoms with Gasteiger partial charge in [0.05, 0.1) is 12.2 Å². The highest BCUT2D eigenvalue weighted by Crippen LogP contribution is 2.77. The minimum Gasteiger partial charge on any atom is -0.393 e. The second-order valence-electron chi connectivity index (χ2n) is 62.4. The highest BCUT2D eigenvalue weighted by Gasteiger charge is 2.69. The van der Waals surface area contributed by atoms with Gasteiger partial charge in [-0.3, -0.25) is 9.59 Å². The lowest BCUT2D eigenvalue weighted by molar-refractivity contribution is -0.135. The smallest absolute Gasteiger partial charge is 0.133 e. The van der Waals surface area contributed by atoms with Crippen molar-refractivity contribution in [3.63, 3.8) is 0 Å². The van der Waals surface area contributed by atoms with Crippen LogP contribution in [0.5, 0.6) is 0 Å². The van der Waals surface area contributed by atoms with E-state index in [2.05, 4.69) is 155 Å². The maximum absolute atomic E-state index is 12.2. The molecule has 798 valence electrons. The van der Waals surface area contributed by atoms with Crippen molar-refractivity contribution in [1.29, 1.82) is 0 Å². The van der Waals surface area contributed by atoms with E-state index in [1.165, 1.54) is 308 Å². The van der Waals surface area contributed by atoms with Crippen LogP contribution < -0.4 is 0 Å². The van der Waals surface area contributed by atoms with Gasteiger partial charge in [0.15, 0.2) is 0 Å². The monoisotopic (exact) mass is 1950 g/mol. The number of hydrogen-bond donors (Lipinski definition) is 4. The summed E-state index contributed by atoms with van der Waals surface area (Å²) in [6, 6.07) is 0. The normalized spacial score (nSPS) is 54.1. The van der Waals surface area contributed by atoms with Crippen molar-refractivity contribution in [2.75, 3.05) is 0 Å². The van der Waals surface area contributed by atoms with E-state index < -0.39 is 11.2 Å². The van der Waals surface area contributed by atoms with Gasteiger partial charge in [0, 0.05) is 23.7 Å². The maximum atomic E-state index is 12.2. The third-order valence-electron chi connectivity index (χ3n) is 56.1. The van der Waals surface area contributed by atoms with E-state index in [1.807, 2.05) is 47.1 Å². The summed E-state index contributed by atoms with van der Waals surface area (Å²) in [7, 11) is 0. The van der Waals surface area contributed by atoms with Crippen molar-refractivity contribution < 1.29 is 30.0 Å². The third kappa shape index (κ3) is 17.8. The number of aliphatic hydroxyl groups is 4. The summed E-state index contributed by atoms with van der Waals surface area (Å²) in [4.78, 5) is 24.4. The minimum atomic E-state index is -0.948. The molecule has 0 aliphatic heterocycles. The van der Waals surface area contributed by atoms with Gasteiger partial charge in [0.2, 0.25) is 0 Å². The molecule has 0 aromatic carbocycles. The van der Waals surface area contributed by atoms with Crippen molar-refractivity contribution in [2.45, 2.75) is 517 Å². The van der Waals surface area contributed by atoms with Crippen LogP contribution in [0.25, 0.3) is 0 Å². The number of allylic oxidation sites excluding steroid dienone is 6. The molecule has 0 amide bonds. The molecule has 0 heterocycles. The molecule has 142 heavy (non-hydrogen) atoms. The second kappa shape index (κ2) is 39.5. The van der Waals surface area contributed by atoms with E-state index in [-0.39, 0.29) is 34.9 Å². The number of hydrogen-bond acceptors (Lipinski definition) is 6. The first-order chi connectivity index (χ1) is 66.9. The van der Waals surface area contributed by atoms with Gasteiger partial charge in [-0.2, -0.15) is 0 Å². The summed E-state index contributed by atoms with van der Waals surface area (Å²) in [6.07, 6.45) is 88.8.